The molecule has 4 aromatic rings. The van der Waals surface area contributed by atoms with Crippen molar-refractivity contribution >= 4 is 11.9 Å². The molecule has 0 unspecified atom stereocenters. The summed E-state index contributed by atoms with van der Waals surface area (Å²) in [5, 5.41) is 0. The number of hydrogen-bond acceptors (Lipinski definition) is 10. The van der Waals surface area contributed by atoms with Gasteiger partial charge in [0.05, 0.1) is 56.2 Å². The van der Waals surface area contributed by atoms with Gasteiger partial charge in [0.15, 0.2) is 23.0 Å². The van der Waals surface area contributed by atoms with Gasteiger partial charge in [-0.1, -0.05) is 117 Å². The maximum atomic E-state index is 13.7. The summed E-state index contributed by atoms with van der Waals surface area (Å²) in [7, 11) is 0. The van der Waals surface area contributed by atoms with E-state index in [0.717, 1.165) is 22.3 Å². The van der Waals surface area contributed by atoms with Gasteiger partial charge in [0.2, 0.25) is 11.5 Å². The van der Waals surface area contributed by atoms with E-state index in [1.54, 1.807) is 13.8 Å². The third kappa shape index (κ3) is 9.87. The highest BCUT2D eigenvalue weighted by Crippen LogP contribution is 2.68. The average molecular weight is 891 g/mol. The molecule has 0 radical (unpaired) electrons. The first-order chi connectivity index (χ1) is 31.5. The normalized spacial score (nSPS) is 12.2. The van der Waals surface area contributed by atoms with Crippen molar-refractivity contribution < 1.29 is 47.5 Å². The van der Waals surface area contributed by atoms with Crippen LogP contribution in [0.4, 0.5) is 0 Å². The van der Waals surface area contributed by atoms with E-state index in [1.165, 1.54) is 0 Å². The summed E-state index contributed by atoms with van der Waals surface area (Å²) >= 11 is 0. The maximum Gasteiger partial charge on any atom is 0.338 e. The van der Waals surface area contributed by atoms with Crippen molar-refractivity contribution in [1.29, 1.82) is 0 Å². The van der Waals surface area contributed by atoms with Crippen LogP contribution in [0.25, 0.3) is 11.1 Å². The van der Waals surface area contributed by atoms with Crippen molar-refractivity contribution in [2.45, 2.75) is 126 Å². The highest BCUT2D eigenvalue weighted by Gasteiger charge is 2.56. The molecular weight excluding hydrogens is 821 g/mol. The van der Waals surface area contributed by atoms with Crippen molar-refractivity contribution in [3.63, 3.8) is 0 Å². The van der Waals surface area contributed by atoms with E-state index in [2.05, 4.69) is 51.3 Å². The lowest BCUT2D eigenvalue weighted by Gasteiger charge is -2.40. The number of fused-ring (bicyclic) bond motifs is 3. The third-order valence-corrected chi connectivity index (χ3v) is 11.0. The molecule has 0 saturated heterocycles. The fraction of sp³-hybridized carbons (Fsp3) is 0.455. The van der Waals surface area contributed by atoms with Crippen LogP contribution in [0.3, 0.4) is 0 Å². The Morgan fingerprint density at radius 1 is 0.431 bits per heavy atom. The smallest absolute Gasteiger partial charge is 0.338 e. The molecule has 0 fully saturated rings. The van der Waals surface area contributed by atoms with Crippen LogP contribution in [0.5, 0.6) is 46.0 Å². The van der Waals surface area contributed by atoms with E-state index in [4.69, 9.17) is 37.9 Å². The molecule has 0 heterocycles. The van der Waals surface area contributed by atoms with Crippen molar-refractivity contribution in [2.75, 3.05) is 39.6 Å². The summed E-state index contributed by atoms with van der Waals surface area (Å²) < 4.78 is 54.7. The Labute approximate surface area is 387 Å². The van der Waals surface area contributed by atoms with Gasteiger partial charge >= 0.3 is 11.9 Å². The topological polar surface area (TPSA) is 108 Å². The van der Waals surface area contributed by atoms with Gasteiger partial charge in [-0.25, -0.2) is 9.59 Å². The lowest BCUT2D eigenvalue weighted by molar-refractivity contribution is -0.131. The Bertz CT molecular complexity index is 2180. The Morgan fingerprint density at radius 2 is 0.723 bits per heavy atom. The fourth-order valence-corrected chi connectivity index (χ4v) is 8.30. The average Bonchev–Trinajstić information content (AvgIpc) is 3.60. The van der Waals surface area contributed by atoms with Gasteiger partial charge in [0.1, 0.15) is 11.5 Å². The first-order valence-corrected chi connectivity index (χ1v) is 23.7. The summed E-state index contributed by atoms with van der Waals surface area (Å²) in [6.07, 6.45) is 4.76. The van der Waals surface area contributed by atoms with E-state index >= 15 is 0 Å². The van der Waals surface area contributed by atoms with Crippen LogP contribution in [0, 0.1) is 0 Å². The van der Waals surface area contributed by atoms with Gasteiger partial charge in [-0.05, 0) is 87.5 Å². The van der Waals surface area contributed by atoms with Crippen molar-refractivity contribution in [2.24, 2.45) is 0 Å². The first kappa shape index (κ1) is 50.1. The molecule has 0 aliphatic heterocycles. The van der Waals surface area contributed by atoms with Crippen LogP contribution in [0.15, 0.2) is 72.8 Å². The van der Waals surface area contributed by atoms with E-state index in [0.29, 0.717) is 136 Å². The Kier molecular flexibility index (Phi) is 18.0. The first-order valence-electron chi connectivity index (χ1n) is 23.7. The zero-order valence-electron chi connectivity index (χ0n) is 40.5. The second-order valence-electron chi connectivity index (χ2n) is 16.3. The molecule has 10 heteroatoms. The van der Waals surface area contributed by atoms with E-state index in [1.807, 2.05) is 65.8 Å². The van der Waals surface area contributed by atoms with Gasteiger partial charge in [-0.15, -0.1) is 0 Å². The van der Waals surface area contributed by atoms with Crippen LogP contribution in [0.2, 0.25) is 0 Å². The molecule has 65 heavy (non-hydrogen) atoms. The molecule has 0 saturated carbocycles. The molecule has 0 aromatic heterocycles. The Hall–Kier alpha value is -5.90. The molecule has 4 aromatic carbocycles. The number of rotatable bonds is 26. The molecule has 0 N–H and O–H groups in total. The number of hydrogen-bond donors (Lipinski definition) is 0. The van der Waals surface area contributed by atoms with Gasteiger partial charge in [-0.3, -0.25) is 0 Å². The van der Waals surface area contributed by atoms with Crippen LogP contribution in [0.1, 0.15) is 141 Å². The standard InChI is InChI=1S/C55H70O10/c1-13-29-58-45-37(19-7)47(64-53(56)35(9)10)51(62-33-17-5)49(60-31-15-3)43(45)55(41-27-23-21-25-39(41)40-26-22-24-28-42(40)55)44-46(59-30-14-2)38(20-8)48(65-54(57)36(11)12)52(63-34-18-6)50(44)61-32-16-4/h21-28H,9,11,13-20,29-34H2,1-8,10,12H3. The van der Waals surface area contributed by atoms with Crippen molar-refractivity contribution in [1.82, 2.24) is 0 Å². The predicted molar refractivity (Wildman–Crippen MR) is 258 cm³/mol. The molecular formula is C55H70O10. The van der Waals surface area contributed by atoms with Crippen LogP contribution < -0.4 is 37.9 Å². The fourth-order valence-electron chi connectivity index (χ4n) is 8.30. The highest BCUT2D eigenvalue weighted by molar-refractivity contribution is 5.94. The SMILES string of the molecule is C=C(C)C(=O)Oc1c(CC)c(OCCC)c(C2(c3c(OCCC)c(CC)c(OC(=O)C(=C)C)c(OCCC)c3OCCC)c3ccccc3-c3ccccc32)c(OCCC)c1OCCC. The molecule has 0 amide bonds. The summed E-state index contributed by atoms with van der Waals surface area (Å²) in [6, 6.07) is 16.7. The van der Waals surface area contributed by atoms with Gasteiger partial charge in [0, 0.05) is 22.3 Å². The van der Waals surface area contributed by atoms with Gasteiger partial charge in [0.25, 0.3) is 0 Å². The Morgan fingerprint density at radius 3 is 1.02 bits per heavy atom. The monoisotopic (exact) mass is 890 g/mol. The minimum atomic E-state index is -1.37. The molecule has 5 rings (SSSR count). The summed E-state index contributed by atoms with van der Waals surface area (Å²) in [5.41, 5.74) is 5.35. The summed E-state index contributed by atoms with van der Waals surface area (Å²) in [6.45, 7) is 29.2. The molecule has 1 aliphatic carbocycles. The summed E-state index contributed by atoms with van der Waals surface area (Å²) in [5.74, 6) is 1.48. The highest BCUT2D eigenvalue weighted by atomic mass is 16.6. The zero-order chi connectivity index (χ0) is 47.3. The largest absolute Gasteiger partial charge is 0.493 e. The molecule has 0 spiro atoms. The maximum absolute atomic E-state index is 13.7. The van der Waals surface area contributed by atoms with E-state index in [9.17, 15) is 9.59 Å². The minimum Gasteiger partial charge on any atom is -0.493 e. The quantitative estimate of drug-likeness (QED) is 0.0302. The molecule has 1 aliphatic rings. The molecule has 0 bridgehead atoms. The lowest BCUT2D eigenvalue weighted by Crippen LogP contribution is -2.33. The molecule has 350 valence electrons. The predicted octanol–water partition coefficient (Wildman–Crippen LogP) is 12.9. The van der Waals surface area contributed by atoms with Crippen molar-refractivity contribution in [3.8, 4) is 57.1 Å². The zero-order valence-corrected chi connectivity index (χ0v) is 40.5. The number of ether oxygens (including phenoxy) is 8. The number of carbonyl (C=O) groups is 2. The van der Waals surface area contributed by atoms with Crippen LogP contribution in [-0.2, 0) is 27.8 Å². The van der Waals surface area contributed by atoms with Crippen LogP contribution >= 0.6 is 0 Å². The molecule has 0 atom stereocenters. The number of benzene rings is 4. The summed E-state index contributed by atoms with van der Waals surface area (Å²) in [4.78, 5) is 27.4. The second-order valence-corrected chi connectivity index (χ2v) is 16.3. The van der Waals surface area contributed by atoms with Crippen LogP contribution in [-0.4, -0.2) is 51.6 Å². The van der Waals surface area contributed by atoms with E-state index < -0.39 is 17.4 Å². The minimum absolute atomic E-state index is 0.220. The van der Waals surface area contributed by atoms with Gasteiger partial charge in [-0.2, -0.15) is 0 Å². The second kappa shape index (κ2) is 23.3. The lowest BCUT2D eigenvalue weighted by atomic mass is 9.65. The van der Waals surface area contributed by atoms with E-state index in [-0.39, 0.29) is 34.1 Å². The molecule has 10 nitrogen and oxygen atoms in total. The van der Waals surface area contributed by atoms with Crippen molar-refractivity contribution in [3.05, 3.63) is 106 Å². The number of esters is 2. The Balaban J connectivity index is 2.28. The third-order valence-electron chi connectivity index (χ3n) is 11.0. The number of carbonyl (C=O) groups excluding carboxylic acids is 2. The van der Waals surface area contributed by atoms with Gasteiger partial charge < -0.3 is 37.9 Å².